The fourth-order valence-electron chi connectivity index (χ4n) is 2.81. The number of hydrogen-bond acceptors (Lipinski definition) is 5. The van der Waals surface area contributed by atoms with Crippen molar-refractivity contribution in [1.82, 2.24) is 10.6 Å². The maximum absolute atomic E-state index is 12.5. The van der Waals surface area contributed by atoms with Crippen molar-refractivity contribution in [1.29, 1.82) is 0 Å². The predicted octanol–water partition coefficient (Wildman–Crippen LogP) is 3.48. The van der Waals surface area contributed by atoms with Gasteiger partial charge in [0.25, 0.3) is 0 Å². The number of benzene rings is 1. The zero-order chi connectivity index (χ0) is 20.0. The van der Waals surface area contributed by atoms with Crippen LogP contribution in [-0.2, 0) is 9.53 Å². The molecule has 1 atom stereocenters. The van der Waals surface area contributed by atoms with Crippen molar-refractivity contribution < 1.29 is 19.0 Å². The molecule has 6 nitrogen and oxygen atoms in total. The van der Waals surface area contributed by atoms with Crippen LogP contribution in [0.4, 0.5) is 0 Å². The molecule has 0 amide bonds. The molecule has 7 heteroatoms. The van der Waals surface area contributed by atoms with Gasteiger partial charge in [0.2, 0.25) is 0 Å². The van der Waals surface area contributed by atoms with E-state index in [0.717, 1.165) is 12.0 Å². The highest BCUT2D eigenvalue weighted by Gasteiger charge is 2.31. The van der Waals surface area contributed by atoms with Gasteiger partial charge in [-0.15, -0.1) is 0 Å². The molecule has 0 saturated carbocycles. The summed E-state index contributed by atoms with van der Waals surface area (Å²) in [5, 5.41) is 6.60. The molecule has 0 radical (unpaired) electrons. The lowest BCUT2D eigenvalue weighted by molar-refractivity contribution is -0.139. The Morgan fingerprint density at radius 2 is 2.04 bits per heavy atom. The molecule has 1 aromatic rings. The molecule has 2 rings (SSSR count). The number of carbonyl (C=O) groups excluding carboxylic acids is 1. The number of rotatable bonds is 8. The summed E-state index contributed by atoms with van der Waals surface area (Å²) in [7, 11) is 1.60. The Labute approximate surface area is 166 Å². The third-order valence-corrected chi connectivity index (χ3v) is 4.46. The summed E-state index contributed by atoms with van der Waals surface area (Å²) in [6.45, 7) is 8.83. The number of esters is 1. The van der Waals surface area contributed by atoms with Crippen molar-refractivity contribution in [2.24, 2.45) is 5.92 Å². The zero-order valence-corrected chi connectivity index (χ0v) is 17.4. The summed E-state index contributed by atoms with van der Waals surface area (Å²) in [6, 6.07) is 5.21. The first-order valence-corrected chi connectivity index (χ1v) is 9.54. The van der Waals surface area contributed by atoms with Gasteiger partial charge in [-0.3, -0.25) is 0 Å². The second kappa shape index (κ2) is 9.60. The molecule has 27 heavy (non-hydrogen) atoms. The van der Waals surface area contributed by atoms with Crippen molar-refractivity contribution in [3.05, 3.63) is 35.0 Å². The monoisotopic (exact) mass is 392 g/mol. The Balaban J connectivity index is 2.32. The molecule has 1 aromatic carbocycles. The zero-order valence-electron chi connectivity index (χ0n) is 16.5. The van der Waals surface area contributed by atoms with Crippen molar-refractivity contribution >= 4 is 23.3 Å². The van der Waals surface area contributed by atoms with Gasteiger partial charge in [-0.25, -0.2) is 4.79 Å². The van der Waals surface area contributed by atoms with E-state index >= 15 is 0 Å². The van der Waals surface area contributed by atoms with E-state index < -0.39 is 6.04 Å². The molecule has 0 spiro atoms. The van der Waals surface area contributed by atoms with Gasteiger partial charge in [-0.1, -0.05) is 19.9 Å². The lowest BCUT2D eigenvalue weighted by Gasteiger charge is -2.30. The van der Waals surface area contributed by atoms with Crippen LogP contribution in [0.1, 0.15) is 45.7 Å². The number of hydrogen-bond donors (Lipinski definition) is 2. The highest BCUT2D eigenvalue weighted by Crippen LogP contribution is 2.34. The molecule has 2 N–H and O–H groups in total. The molecular formula is C20H28N2O4S. The first kappa shape index (κ1) is 21.0. The van der Waals surface area contributed by atoms with E-state index in [0.29, 0.717) is 47.0 Å². The Morgan fingerprint density at radius 3 is 2.67 bits per heavy atom. The minimum atomic E-state index is -0.420. The quantitative estimate of drug-likeness (QED) is 0.518. The number of carbonyl (C=O) groups is 1. The Bertz CT molecular complexity index is 731. The fraction of sp³-hybridized carbons (Fsp3) is 0.500. The Hall–Kier alpha value is -2.28. The molecule has 148 valence electrons. The smallest absolute Gasteiger partial charge is 0.338 e. The standard InChI is InChI=1S/C20H28N2O4S/c1-6-25-19(23)17-13(4)21-20(27)22-18(17)14-7-8-15(16(11-14)24-5)26-10-9-12(2)3/h7-8,11-12,18H,6,9-10H2,1-5H3,(H2,21,22,27)/t18-/m0/s1. The van der Waals surface area contributed by atoms with Gasteiger partial charge in [-0.05, 0) is 56.1 Å². The lowest BCUT2D eigenvalue weighted by atomic mass is 9.95. The topological polar surface area (TPSA) is 68.8 Å². The number of thiocarbonyl (C=S) groups is 1. The molecule has 1 aliphatic rings. The third kappa shape index (κ3) is 5.35. The van der Waals surface area contributed by atoms with Gasteiger partial charge in [0.15, 0.2) is 16.6 Å². The minimum Gasteiger partial charge on any atom is -0.493 e. The van der Waals surface area contributed by atoms with E-state index in [1.165, 1.54) is 0 Å². The van der Waals surface area contributed by atoms with Gasteiger partial charge in [0.05, 0.1) is 31.9 Å². The number of allylic oxidation sites excluding steroid dienone is 1. The third-order valence-electron chi connectivity index (χ3n) is 4.24. The lowest BCUT2D eigenvalue weighted by Crippen LogP contribution is -2.45. The maximum Gasteiger partial charge on any atom is 0.338 e. The van der Waals surface area contributed by atoms with Crippen LogP contribution in [0.3, 0.4) is 0 Å². The van der Waals surface area contributed by atoms with E-state index in [9.17, 15) is 4.79 Å². The average Bonchev–Trinajstić information content (AvgIpc) is 2.61. The molecule has 0 fully saturated rings. The Morgan fingerprint density at radius 1 is 1.30 bits per heavy atom. The molecule has 0 aromatic heterocycles. The molecule has 0 saturated heterocycles. The second-order valence-electron chi connectivity index (χ2n) is 6.73. The van der Waals surface area contributed by atoms with Crippen LogP contribution >= 0.6 is 12.2 Å². The average molecular weight is 393 g/mol. The molecular weight excluding hydrogens is 364 g/mol. The largest absolute Gasteiger partial charge is 0.493 e. The predicted molar refractivity (Wildman–Crippen MR) is 109 cm³/mol. The number of nitrogens with one attached hydrogen (secondary N) is 2. The van der Waals surface area contributed by atoms with Crippen LogP contribution < -0.4 is 20.1 Å². The van der Waals surface area contributed by atoms with Crippen molar-refractivity contribution in [3.63, 3.8) is 0 Å². The van der Waals surface area contributed by atoms with Gasteiger partial charge >= 0.3 is 5.97 Å². The normalized spacial score (nSPS) is 16.7. The van der Waals surface area contributed by atoms with E-state index in [1.807, 2.05) is 25.1 Å². The van der Waals surface area contributed by atoms with E-state index in [1.54, 1.807) is 14.0 Å². The number of methoxy groups -OCH3 is 1. The first-order chi connectivity index (χ1) is 12.9. The summed E-state index contributed by atoms with van der Waals surface area (Å²) < 4.78 is 16.6. The van der Waals surface area contributed by atoms with E-state index in [4.69, 9.17) is 26.4 Å². The highest BCUT2D eigenvalue weighted by molar-refractivity contribution is 7.80. The molecule has 1 aliphatic heterocycles. The van der Waals surface area contributed by atoms with Crippen LogP contribution in [0.2, 0.25) is 0 Å². The van der Waals surface area contributed by atoms with E-state index in [2.05, 4.69) is 24.5 Å². The van der Waals surface area contributed by atoms with Crippen molar-refractivity contribution in [2.45, 2.75) is 40.2 Å². The highest BCUT2D eigenvalue weighted by atomic mass is 32.1. The van der Waals surface area contributed by atoms with Crippen LogP contribution in [0.25, 0.3) is 0 Å². The molecule has 0 bridgehead atoms. The second-order valence-corrected chi connectivity index (χ2v) is 7.14. The molecule has 1 heterocycles. The summed E-state index contributed by atoms with van der Waals surface area (Å²) in [6.07, 6.45) is 0.962. The summed E-state index contributed by atoms with van der Waals surface area (Å²) >= 11 is 5.27. The van der Waals surface area contributed by atoms with Crippen LogP contribution in [0.5, 0.6) is 11.5 Å². The first-order valence-electron chi connectivity index (χ1n) is 9.13. The van der Waals surface area contributed by atoms with Gasteiger partial charge in [0, 0.05) is 5.70 Å². The Kier molecular flexibility index (Phi) is 7.47. The van der Waals surface area contributed by atoms with Crippen molar-refractivity contribution in [2.75, 3.05) is 20.3 Å². The maximum atomic E-state index is 12.5. The number of ether oxygens (including phenoxy) is 3. The SMILES string of the molecule is CCOC(=O)C1=C(C)NC(=S)N[C@H]1c1ccc(OCCC(C)C)c(OC)c1. The fourth-order valence-corrected chi connectivity index (χ4v) is 3.08. The van der Waals surface area contributed by atoms with E-state index in [-0.39, 0.29) is 5.97 Å². The summed E-state index contributed by atoms with van der Waals surface area (Å²) in [4.78, 5) is 12.5. The van der Waals surface area contributed by atoms with Gasteiger partial charge in [-0.2, -0.15) is 0 Å². The summed E-state index contributed by atoms with van der Waals surface area (Å²) in [5.74, 6) is 1.48. The molecule has 0 aliphatic carbocycles. The van der Waals surface area contributed by atoms with Crippen molar-refractivity contribution in [3.8, 4) is 11.5 Å². The molecule has 0 unspecified atom stereocenters. The van der Waals surface area contributed by atoms with Gasteiger partial charge in [0.1, 0.15) is 0 Å². The van der Waals surface area contributed by atoms with Crippen LogP contribution in [-0.4, -0.2) is 31.4 Å². The van der Waals surface area contributed by atoms with Crippen LogP contribution in [0, 0.1) is 5.92 Å². The summed E-state index contributed by atoms with van der Waals surface area (Å²) in [5.41, 5.74) is 2.02. The van der Waals surface area contributed by atoms with Crippen LogP contribution in [0.15, 0.2) is 29.5 Å². The minimum absolute atomic E-state index is 0.304. The van der Waals surface area contributed by atoms with Gasteiger partial charge < -0.3 is 24.8 Å².